The van der Waals surface area contributed by atoms with Crippen molar-refractivity contribution in [1.82, 2.24) is 0 Å². The molecular formula is C25H25NO3S. The van der Waals surface area contributed by atoms with Gasteiger partial charge in [0.2, 0.25) is 11.0 Å². The van der Waals surface area contributed by atoms with Gasteiger partial charge in [-0.25, -0.2) is 0 Å². The van der Waals surface area contributed by atoms with Crippen LogP contribution in [0.25, 0.3) is 0 Å². The lowest BCUT2D eigenvalue weighted by molar-refractivity contribution is -0.120. The van der Waals surface area contributed by atoms with Gasteiger partial charge in [-0.05, 0) is 66.6 Å². The third kappa shape index (κ3) is 5.74. The summed E-state index contributed by atoms with van der Waals surface area (Å²) in [6.07, 6.45) is 1.24. The van der Waals surface area contributed by atoms with Crippen molar-refractivity contribution >= 4 is 28.5 Å². The zero-order valence-corrected chi connectivity index (χ0v) is 18.0. The first kappa shape index (κ1) is 21.7. The van der Waals surface area contributed by atoms with Gasteiger partial charge in [-0.3, -0.25) is 9.59 Å². The van der Waals surface area contributed by atoms with Crippen molar-refractivity contribution in [3.05, 3.63) is 90.5 Å². The number of rotatable bonds is 8. The van der Waals surface area contributed by atoms with Crippen LogP contribution in [0.2, 0.25) is 0 Å². The molecule has 0 aliphatic carbocycles. The van der Waals surface area contributed by atoms with Gasteiger partial charge in [0.1, 0.15) is 11.8 Å². The van der Waals surface area contributed by atoms with E-state index in [1.54, 1.807) is 24.1 Å². The standard InChI is InChI=1S/C25H25NO3S/c1-19(27)26(21-14-16-22(29-2)17-15-21)24(18-13-20-9-5-3-6-10-20)25(28)30-23-11-7-4-8-12-23/h3-12,14-17,24H,13,18H2,1-2H3/t24-/m0/s1. The third-order valence-electron chi connectivity index (χ3n) is 4.78. The third-order valence-corrected chi connectivity index (χ3v) is 5.77. The van der Waals surface area contributed by atoms with Gasteiger partial charge in [0.15, 0.2) is 0 Å². The summed E-state index contributed by atoms with van der Waals surface area (Å²) in [5.74, 6) is 0.535. The van der Waals surface area contributed by atoms with Crippen LogP contribution in [0.3, 0.4) is 0 Å². The van der Waals surface area contributed by atoms with Crippen LogP contribution in [0.4, 0.5) is 5.69 Å². The molecule has 1 amide bonds. The van der Waals surface area contributed by atoms with Crippen LogP contribution in [-0.4, -0.2) is 24.2 Å². The van der Waals surface area contributed by atoms with Crippen LogP contribution in [0, 0.1) is 0 Å². The summed E-state index contributed by atoms with van der Waals surface area (Å²) < 4.78 is 5.23. The smallest absolute Gasteiger partial charge is 0.224 e. The molecule has 0 fully saturated rings. The highest BCUT2D eigenvalue weighted by Crippen LogP contribution is 2.29. The number of nitrogens with zero attached hydrogens (tertiary/aromatic N) is 1. The maximum absolute atomic E-state index is 13.3. The predicted molar refractivity (Wildman–Crippen MR) is 122 cm³/mol. The van der Waals surface area contributed by atoms with E-state index in [1.165, 1.54) is 18.7 Å². The second-order valence-electron chi connectivity index (χ2n) is 6.86. The van der Waals surface area contributed by atoms with Gasteiger partial charge in [0, 0.05) is 17.5 Å². The lowest BCUT2D eigenvalue weighted by atomic mass is 10.0. The minimum atomic E-state index is -0.582. The van der Waals surface area contributed by atoms with Crippen molar-refractivity contribution in [3.63, 3.8) is 0 Å². The van der Waals surface area contributed by atoms with E-state index in [0.29, 0.717) is 24.3 Å². The number of hydrogen-bond acceptors (Lipinski definition) is 4. The predicted octanol–water partition coefficient (Wildman–Crippen LogP) is 5.37. The van der Waals surface area contributed by atoms with Crippen LogP contribution < -0.4 is 9.64 Å². The fourth-order valence-electron chi connectivity index (χ4n) is 3.30. The van der Waals surface area contributed by atoms with Gasteiger partial charge in [-0.2, -0.15) is 0 Å². The molecule has 0 heterocycles. The van der Waals surface area contributed by atoms with Gasteiger partial charge >= 0.3 is 0 Å². The fourth-order valence-corrected chi connectivity index (χ4v) is 4.18. The molecule has 0 saturated carbocycles. The minimum Gasteiger partial charge on any atom is -0.497 e. The number of thioether (sulfide) groups is 1. The Morgan fingerprint density at radius 3 is 2.07 bits per heavy atom. The van der Waals surface area contributed by atoms with Gasteiger partial charge in [0.25, 0.3) is 0 Å². The number of carbonyl (C=O) groups excluding carboxylic acids is 2. The van der Waals surface area contributed by atoms with Crippen molar-refractivity contribution in [1.29, 1.82) is 0 Å². The maximum Gasteiger partial charge on any atom is 0.224 e. The first-order valence-corrected chi connectivity index (χ1v) is 10.6. The number of aryl methyl sites for hydroxylation is 1. The van der Waals surface area contributed by atoms with Crippen molar-refractivity contribution in [3.8, 4) is 5.75 Å². The molecule has 5 heteroatoms. The Morgan fingerprint density at radius 2 is 1.50 bits per heavy atom. The van der Waals surface area contributed by atoms with E-state index in [4.69, 9.17) is 4.74 Å². The molecule has 1 atom stereocenters. The lowest BCUT2D eigenvalue weighted by Crippen LogP contribution is -2.43. The minimum absolute atomic E-state index is 0.0526. The summed E-state index contributed by atoms with van der Waals surface area (Å²) in [4.78, 5) is 28.4. The summed E-state index contributed by atoms with van der Waals surface area (Å²) in [5.41, 5.74) is 1.82. The fraction of sp³-hybridized carbons (Fsp3) is 0.200. The monoisotopic (exact) mass is 419 g/mol. The molecule has 30 heavy (non-hydrogen) atoms. The number of benzene rings is 3. The molecule has 4 nitrogen and oxygen atoms in total. The second-order valence-corrected chi connectivity index (χ2v) is 7.94. The highest BCUT2D eigenvalue weighted by Gasteiger charge is 2.29. The van der Waals surface area contributed by atoms with E-state index in [0.717, 1.165) is 10.5 Å². The van der Waals surface area contributed by atoms with Crippen LogP contribution in [0.1, 0.15) is 18.9 Å². The van der Waals surface area contributed by atoms with Crippen molar-refractivity contribution in [2.24, 2.45) is 0 Å². The molecule has 0 aliphatic heterocycles. The molecule has 0 radical (unpaired) electrons. The first-order valence-electron chi connectivity index (χ1n) is 9.83. The molecule has 3 aromatic carbocycles. The number of anilines is 1. The molecule has 0 bridgehead atoms. The van der Waals surface area contributed by atoms with Crippen LogP contribution in [0.5, 0.6) is 5.75 Å². The SMILES string of the molecule is COc1ccc(N(C(C)=O)[C@@H](CCc2ccccc2)C(=O)Sc2ccccc2)cc1. The van der Waals surface area contributed by atoms with E-state index in [1.807, 2.05) is 72.8 Å². The molecular weight excluding hydrogens is 394 g/mol. The van der Waals surface area contributed by atoms with Crippen molar-refractivity contribution in [2.75, 3.05) is 12.0 Å². The van der Waals surface area contributed by atoms with Crippen molar-refractivity contribution in [2.45, 2.75) is 30.7 Å². The summed E-state index contributed by atoms with van der Waals surface area (Å²) in [5, 5.41) is -0.0526. The molecule has 0 aromatic heterocycles. The van der Waals surface area contributed by atoms with E-state index in [2.05, 4.69) is 0 Å². The topological polar surface area (TPSA) is 46.6 Å². The van der Waals surface area contributed by atoms with Crippen LogP contribution in [0.15, 0.2) is 89.8 Å². The Hall–Kier alpha value is -3.05. The number of carbonyl (C=O) groups is 2. The number of amides is 1. The number of methoxy groups -OCH3 is 1. The average Bonchev–Trinajstić information content (AvgIpc) is 2.78. The summed E-state index contributed by atoms with van der Waals surface area (Å²) >= 11 is 1.18. The van der Waals surface area contributed by atoms with Gasteiger partial charge in [-0.1, -0.05) is 48.5 Å². The zero-order valence-electron chi connectivity index (χ0n) is 17.2. The number of hydrogen-bond donors (Lipinski definition) is 0. The zero-order chi connectivity index (χ0) is 21.3. The van der Waals surface area contributed by atoms with Gasteiger partial charge in [-0.15, -0.1) is 0 Å². The van der Waals surface area contributed by atoms with Crippen molar-refractivity contribution < 1.29 is 14.3 Å². The van der Waals surface area contributed by atoms with E-state index in [-0.39, 0.29) is 11.0 Å². The quantitative estimate of drug-likeness (QED) is 0.461. The maximum atomic E-state index is 13.3. The molecule has 0 aliphatic rings. The molecule has 0 saturated heterocycles. The Balaban J connectivity index is 1.89. The van der Waals surface area contributed by atoms with Gasteiger partial charge < -0.3 is 9.64 Å². The summed E-state index contributed by atoms with van der Waals surface area (Å²) in [6, 6.07) is 26.2. The summed E-state index contributed by atoms with van der Waals surface area (Å²) in [6.45, 7) is 1.50. The van der Waals surface area contributed by atoms with Crippen LogP contribution >= 0.6 is 11.8 Å². The van der Waals surface area contributed by atoms with E-state index in [9.17, 15) is 9.59 Å². The highest BCUT2D eigenvalue weighted by molar-refractivity contribution is 8.13. The Labute approximate surface area is 181 Å². The highest BCUT2D eigenvalue weighted by atomic mass is 32.2. The molecule has 0 unspecified atom stereocenters. The Bertz CT molecular complexity index is 959. The Morgan fingerprint density at radius 1 is 0.900 bits per heavy atom. The summed E-state index contributed by atoms with van der Waals surface area (Å²) in [7, 11) is 1.60. The largest absolute Gasteiger partial charge is 0.497 e. The normalized spacial score (nSPS) is 11.5. The molecule has 154 valence electrons. The molecule has 0 N–H and O–H groups in total. The molecule has 3 aromatic rings. The van der Waals surface area contributed by atoms with E-state index < -0.39 is 6.04 Å². The Kier molecular flexibility index (Phi) is 7.69. The first-order chi connectivity index (χ1) is 14.6. The number of ether oxygens (including phenoxy) is 1. The molecule has 0 spiro atoms. The lowest BCUT2D eigenvalue weighted by Gasteiger charge is -2.30. The van der Waals surface area contributed by atoms with Crippen LogP contribution in [-0.2, 0) is 16.0 Å². The second kappa shape index (κ2) is 10.6. The average molecular weight is 420 g/mol. The van der Waals surface area contributed by atoms with E-state index >= 15 is 0 Å². The molecule has 3 rings (SSSR count). The van der Waals surface area contributed by atoms with Gasteiger partial charge in [0.05, 0.1) is 7.11 Å².